The van der Waals surface area contributed by atoms with Gasteiger partial charge in [0.05, 0.1) is 6.61 Å². The van der Waals surface area contributed by atoms with Crippen LogP contribution >= 0.6 is 11.8 Å². The Labute approximate surface area is 152 Å². The number of aliphatic hydroxyl groups is 1. The number of carbonyl (C=O) groups is 1. The Kier molecular flexibility index (Phi) is 6.98. The molecular formula is C17H18F3NO4S. The predicted octanol–water partition coefficient (Wildman–Crippen LogP) is 3.77. The van der Waals surface area contributed by atoms with Crippen LogP contribution in [0.15, 0.2) is 47.2 Å². The van der Waals surface area contributed by atoms with E-state index >= 15 is 0 Å². The first-order valence-electron chi connectivity index (χ1n) is 7.77. The zero-order valence-electron chi connectivity index (χ0n) is 13.7. The number of rotatable bonds is 8. The van der Waals surface area contributed by atoms with Crippen LogP contribution in [0.4, 0.5) is 18.0 Å². The largest absolute Gasteiger partial charge is 0.511 e. The molecule has 1 aromatic rings. The Morgan fingerprint density at radius 1 is 1.31 bits per heavy atom. The molecule has 2 rings (SSSR count). The van der Waals surface area contributed by atoms with Crippen molar-refractivity contribution in [2.45, 2.75) is 12.3 Å². The summed E-state index contributed by atoms with van der Waals surface area (Å²) in [4.78, 5) is 12.5. The van der Waals surface area contributed by atoms with Gasteiger partial charge in [0.1, 0.15) is 10.8 Å². The van der Waals surface area contributed by atoms with Gasteiger partial charge in [-0.1, -0.05) is 18.2 Å². The molecule has 9 heteroatoms. The standard InChI is InChI=1S/C17H18F3NO4S/c18-13-5-3-12(4-6-13)17(19,20)7-11-26-15-14(25-16(23)24)2-1-8-21(15)9-10-22/h1-6,22H,7-11H2,(H,23,24). The Balaban J connectivity index is 2.07. The maximum absolute atomic E-state index is 14.2. The van der Waals surface area contributed by atoms with E-state index in [2.05, 4.69) is 0 Å². The van der Waals surface area contributed by atoms with Crippen LogP contribution in [0.5, 0.6) is 0 Å². The van der Waals surface area contributed by atoms with Crippen LogP contribution in [0, 0.1) is 5.82 Å². The van der Waals surface area contributed by atoms with Gasteiger partial charge in [0, 0.05) is 30.8 Å². The van der Waals surface area contributed by atoms with Crippen molar-refractivity contribution in [1.82, 2.24) is 4.90 Å². The van der Waals surface area contributed by atoms with E-state index in [0.717, 1.165) is 36.0 Å². The molecule has 142 valence electrons. The Hall–Kier alpha value is -2.13. The van der Waals surface area contributed by atoms with Crippen molar-refractivity contribution in [2.75, 3.05) is 25.4 Å². The maximum Gasteiger partial charge on any atom is 0.511 e. The number of nitrogens with zero attached hydrogens (tertiary/aromatic N) is 1. The molecule has 26 heavy (non-hydrogen) atoms. The third-order valence-electron chi connectivity index (χ3n) is 3.58. The number of hydrogen-bond donors (Lipinski definition) is 2. The van der Waals surface area contributed by atoms with Crippen molar-refractivity contribution >= 4 is 17.9 Å². The van der Waals surface area contributed by atoms with Gasteiger partial charge in [0.15, 0.2) is 5.76 Å². The quantitative estimate of drug-likeness (QED) is 0.660. The predicted molar refractivity (Wildman–Crippen MR) is 91.3 cm³/mol. The van der Waals surface area contributed by atoms with E-state index in [1.807, 2.05) is 0 Å². The second-order valence-corrected chi connectivity index (χ2v) is 6.50. The average molecular weight is 389 g/mol. The topological polar surface area (TPSA) is 70.0 Å². The minimum atomic E-state index is -3.15. The first-order valence-corrected chi connectivity index (χ1v) is 8.76. The summed E-state index contributed by atoms with van der Waals surface area (Å²) >= 11 is 1.02. The number of allylic oxidation sites excluding steroid dienone is 1. The number of aliphatic hydroxyl groups excluding tert-OH is 1. The fourth-order valence-electron chi connectivity index (χ4n) is 2.36. The summed E-state index contributed by atoms with van der Waals surface area (Å²) in [5.41, 5.74) is -0.286. The van der Waals surface area contributed by atoms with Crippen LogP contribution in [0.25, 0.3) is 0 Å². The lowest BCUT2D eigenvalue weighted by atomic mass is 10.1. The molecule has 1 heterocycles. The second kappa shape index (κ2) is 9.00. The highest BCUT2D eigenvalue weighted by Crippen LogP contribution is 2.36. The van der Waals surface area contributed by atoms with Gasteiger partial charge in [-0.3, -0.25) is 0 Å². The lowest BCUT2D eigenvalue weighted by Gasteiger charge is -2.29. The fourth-order valence-corrected chi connectivity index (χ4v) is 3.51. The normalized spacial score (nSPS) is 14.7. The van der Waals surface area contributed by atoms with Crippen LogP contribution in [0.1, 0.15) is 12.0 Å². The highest BCUT2D eigenvalue weighted by atomic mass is 32.2. The second-order valence-electron chi connectivity index (χ2n) is 5.42. The third kappa shape index (κ3) is 5.43. The summed E-state index contributed by atoms with van der Waals surface area (Å²) in [6.45, 7) is 0.446. The first-order chi connectivity index (χ1) is 12.3. The molecule has 0 atom stereocenters. The molecule has 0 saturated heterocycles. The van der Waals surface area contributed by atoms with Crippen molar-refractivity contribution in [1.29, 1.82) is 0 Å². The zero-order chi connectivity index (χ0) is 19.2. The van der Waals surface area contributed by atoms with Gasteiger partial charge in [-0.2, -0.15) is 0 Å². The van der Waals surface area contributed by atoms with E-state index in [4.69, 9.17) is 14.9 Å². The van der Waals surface area contributed by atoms with Gasteiger partial charge in [-0.05, 0) is 18.2 Å². The molecule has 1 aliphatic rings. The van der Waals surface area contributed by atoms with Crippen molar-refractivity contribution in [3.8, 4) is 0 Å². The van der Waals surface area contributed by atoms with E-state index in [9.17, 15) is 18.0 Å². The monoisotopic (exact) mass is 389 g/mol. The highest BCUT2D eigenvalue weighted by Gasteiger charge is 2.31. The van der Waals surface area contributed by atoms with Gasteiger partial charge in [0.25, 0.3) is 5.92 Å². The molecule has 1 aromatic carbocycles. The Morgan fingerprint density at radius 3 is 2.62 bits per heavy atom. The van der Waals surface area contributed by atoms with Gasteiger partial charge in [-0.15, -0.1) is 11.8 Å². The molecule has 0 spiro atoms. The van der Waals surface area contributed by atoms with Crippen LogP contribution in [-0.2, 0) is 10.7 Å². The summed E-state index contributed by atoms with van der Waals surface area (Å²) in [5, 5.41) is 18.3. The first kappa shape index (κ1) is 20.2. The van der Waals surface area contributed by atoms with Crippen molar-refractivity contribution in [3.05, 3.63) is 58.6 Å². The molecular weight excluding hydrogens is 371 g/mol. The zero-order valence-corrected chi connectivity index (χ0v) is 14.5. The van der Waals surface area contributed by atoms with E-state index in [1.165, 1.54) is 6.08 Å². The molecule has 1 aliphatic heterocycles. The summed E-state index contributed by atoms with van der Waals surface area (Å²) in [6.07, 6.45) is 1.09. The lowest BCUT2D eigenvalue weighted by molar-refractivity contribution is -0.00708. The minimum Gasteiger partial charge on any atom is -0.449 e. The lowest BCUT2D eigenvalue weighted by Crippen LogP contribution is -2.29. The SMILES string of the molecule is O=C(O)OC1=C(SCCC(F)(F)c2ccc(F)cc2)N(CCO)CC=C1. The van der Waals surface area contributed by atoms with Gasteiger partial charge < -0.3 is 19.8 Å². The molecule has 0 saturated carbocycles. The van der Waals surface area contributed by atoms with Crippen molar-refractivity contribution < 1.29 is 32.9 Å². The van der Waals surface area contributed by atoms with Crippen LogP contribution in [0.3, 0.4) is 0 Å². The molecule has 0 bridgehead atoms. The number of ether oxygens (including phenoxy) is 1. The minimum absolute atomic E-state index is 0.0258. The molecule has 0 aliphatic carbocycles. The Morgan fingerprint density at radius 2 is 2.00 bits per heavy atom. The molecule has 0 aromatic heterocycles. The summed E-state index contributed by atoms with van der Waals surface area (Å²) in [7, 11) is 0. The number of benzene rings is 1. The molecule has 5 nitrogen and oxygen atoms in total. The summed E-state index contributed by atoms with van der Waals surface area (Å²) < 4.78 is 46.1. The highest BCUT2D eigenvalue weighted by molar-refractivity contribution is 8.03. The smallest absolute Gasteiger partial charge is 0.449 e. The fraction of sp³-hybridized carbons (Fsp3) is 0.353. The van der Waals surface area contributed by atoms with Crippen LogP contribution in [-0.4, -0.2) is 46.7 Å². The number of hydrogen-bond acceptors (Lipinski definition) is 5. The van der Waals surface area contributed by atoms with Crippen molar-refractivity contribution in [2.24, 2.45) is 0 Å². The van der Waals surface area contributed by atoms with E-state index in [1.54, 1.807) is 11.0 Å². The number of halogens is 3. The van der Waals surface area contributed by atoms with E-state index in [-0.39, 0.29) is 30.2 Å². The maximum atomic E-state index is 14.2. The number of thioether (sulfide) groups is 1. The summed E-state index contributed by atoms with van der Waals surface area (Å²) in [6, 6.07) is 4.04. The number of alkyl halides is 2. The third-order valence-corrected chi connectivity index (χ3v) is 4.72. The van der Waals surface area contributed by atoms with Crippen LogP contribution in [0.2, 0.25) is 0 Å². The van der Waals surface area contributed by atoms with Crippen LogP contribution < -0.4 is 0 Å². The van der Waals surface area contributed by atoms with Crippen molar-refractivity contribution in [3.63, 3.8) is 0 Å². The average Bonchev–Trinajstić information content (AvgIpc) is 2.57. The number of β-amino-alcohol motifs (C(OH)–C–C–N with tert-alkyl or cyclic N) is 1. The molecule has 0 unspecified atom stereocenters. The molecule has 0 amide bonds. The number of carboxylic acid groups (broad SMARTS) is 1. The van der Waals surface area contributed by atoms with Gasteiger partial charge >= 0.3 is 6.16 Å². The van der Waals surface area contributed by atoms with Gasteiger partial charge in [-0.25, -0.2) is 18.0 Å². The molecule has 0 radical (unpaired) electrons. The molecule has 2 N–H and O–H groups in total. The van der Waals surface area contributed by atoms with Gasteiger partial charge in [0.2, 0.25) is 0 Å². The Bertz CT molecular complexity index is 692. The molecule has 0 fully saturated rings. The van der Waals surface area contributed by atoms with E-state index in [0.29, 0.717) is 11.6 Å². The van der Waals surface area contributed by atoms with E-state index < -0.39 is 24.3 Å². The summed E-state index contributed by atoms with van der Waals surface area (Å²) in [5.74, 6) is -3.73.